The number of anilines is 1. The molecule has 4 rings (SSSR count). The van der Waals surface area contributed by atoms with Crippen molar-refractivity contribution >= 4 is 11.5 Å². The van der Waals surface area contributed by atoms with Gasteiger partial charge in [-0.15, -0.1) is 15.3 Å². The normalized spacial score (nSPS) is 15.8. The van der Waals surface area contributed by atoms with Gasteiger partial charge in [-0.2, -0.15) is 9.50 Å². The Hall–Kier alpha value is -2.55. The molecule has 1 aliphatic rings. The summed E-state index contributed by atoms with van der Waals surface area (Å²) in [5.41, 5.74) is 0.671. The summed E-state index contributed by atoms with van der Waals surface area (Å²) in [6.45, 7) is 10.7. The average Bonchev–Trinajstić information content (AvgIpc) is 3.11. The molecule has 0 spiro atoms. The molecule has 1 fully saturated rings. The lowest BCUT2D eigenvalue weighted by Crippen LogP contribution is -2.58. The highest BCUT2D eigenvalue weighted by molar-refractivity contribution is 5.48. The second-order valence-electron chi connectivity index (χ2n) is 7.94. The molecule has 9 nitrogen and oxygen atoms in total. The monoisotopic (exact) mass is 356 g/mol. The molecule has 0 N–H and O–H groups in total. The van der Waals surface area contributed by atoms with Gasteiger partial charge in [0.1, 0.15) is 5.82 Å². The highest BCUT2D eigenvalue weighted by Gasteiger charge is 2.32. The Bertz CT molecular complexity index is 918. The van der Waals surface area contributed by atoms with Gasteiger partial charge in [-0.05, 0) is 26.1 Å². The Morgan fingerprint density at radius 1 is 1.23 bits per heavy atom. The van der Waals surface area contributed by atoms with Crippen molar-refractivity contribution in [3.05, 3.63) is 29.7 Å². The van der Waals surface area contributed by atoms with Crippen LogP contribution in [0.1, 0.15) is 38.3 Å². The summed E-state index contributed by atoms with van der Waals surface area (Å²) in [5, 5.41) is 17.1. The molecule has 1 aliphatic heterocycles. The van der Waals surface area contributed by atoms with E-state index in [1.807, 2.05) is 23.6 Å². The SMILES string of the molecule is Cc1noc(CN(C)C2CN(c3ccc4nnc(C(C)(C)C)n4n3)C2)n1. The molecule has 0 amide bonds. The first-order valence-corrected chi connectivity index (χ1v) is 8.78. The van der Waals surface area contributed by atoms with Crippen LogP contribution in [-0.4, -0.2) is 61.0 Å². The second kappa shape index (κ2) is 6.01. The predicted octanol–water partition coefficient (Wildman–Crippen LogP) is 1.43. The molecule has 0 aromatic carbocycles. The Labute approximate surface area is 152 Å². The molecule has 3 aromatic heterocycles. The first kappa shape index (κ1) is 16.9. The number of fused-ring (bicyclic) bond motifs is 1. The second-order valence-corrected chi connectivity index (χ2v) is 7.94. The van der Waals surface area contributed by atoms with Crippen molar-refractivity contribution in [2.75, 3.05) is 25.0 Å². The summed E-state index contributed by atoms with van der Waals surface area (Å²) in [5.74, 6) is 3.14. The molecular weight excluding hydrogens is 332 g/mol. The Morgan fingerprint density at radius 2 is 2.00 bits per heavy atom. The molecule has 4 heterocycles. The third-order valence-electron chi connectivity index (χ3n) is 4.68. The van der Waals surface area contributed by atoms with Gasteiger partial charge in [0.15, 0.2) is 17.3 Å². The topological polar surface area (TPSA) is 88.5 Å². The summed E-state index contributed by atoms with van der Waals surface area (Å²) >= 11 is 0. The van der Waals surface area contributed by atoms with E-state index < -0.39 is 0 Å². The van der Waals surface area contributed by atoms with Crippen LogP contribution in [-0.2, 0) is 12.0 Å². The molecule has 0 saturated carbocycles. The first-order chi connectivity index (χ1) is 12.3. The molecule has 0 bridgehead atoms. The molecule has 3 aromatic rings. The number of aromatic nitrogens is 6. The zero-order valence-corrected chi connectivity index (χ0v) is 15.8. The summed E-state index contributed by atoms with van der Waals surface area (Å²) in [6.07, 6.45) is 0. The van der Waals surface area contributed by atoms with Crippen molar-refractivity contribution in [2.24, 2.45) is 0 Å². The van der Waals surface area contributed by atoms with Gasteiger partial charge in [-0.3, -0.25) is 4.90 Å². The van der Waals surface area contributed by atoms with Crippen LogP contribution < -0.4 is 4.90 Å². The van der Waals surface area contributed by atoms with Crippen LogP contribution in [0.25, 0.3) is 5.65 Å². The molecule has 0 aliphatic carbocycles. The fourth-order valence-corrected chi connectivity index (χ4v) is 3.08. The van der Waals surface area contributed by atoms with E-state index in [9.17, 15) is 0 Å². The lowest BCUT2D eigenvalue weighted by molar-refractivity contribution is 0.174. The van der Waals surface area contributed by atoms with Gasteiger partial charge in [0.2, 0.25) is 5.89 Å². The number of hydrogen-bond acceptors (Lipinski definition) is 8. The van der Waals surface area contributed by atoms with E-state index in [4.69, 9.17) is 9.62 Å². The number of nitrogens with zero attached hydrogens (tertiary/aromatic N) is 8. The van der Waals surface area contributed by atoms with Crippen LogP contribution >= 0.6 is 0 Å². The van der Waals surface area contributed by atoms with Gasteiger partial charge in [0.25, 0.3) is 0 Å². The minimum Gasteiger partial charge on any atom is -0.352 e. The molecule has 26 heavy (non-hydrogen) atoms. The lowest BCUT2D eigenvalue weighted by Gasteiger charge is -2.44. The standard InChI is InChI=1S/C17H24N8O/c1-11-18-15(26-22-11)10-23(5)12-8-24(9-12)14-7-6-13-19-20-16(17(2,3)4)25(13)21-14/h6-7,12H,8-10H2,1-5H3. The number of likely N-dealkylation sites (N-methyl/N-ethyl adjacent to an activating group) is 1. The fraction of sp³-hybridized carbons (Fsp3) is 0.588. The van der Waals surface area contributed by atoms with Crippen LogP contribution in [0.2, 0.25) is 0 Å². The maximum absolute atomic E-state index is 5.20. The minimum atomic E-state index is -0.106. The highest BCUT2D eigenvalue weighted by Crippen LogP contribution is 2.25. The average molecular weight is 356 g/mol. The third-order valence-corrected chi connectivity index (χ3v) is 4.68. The lowest BCUT2D eigenvalue weighted by atomic mass is 9.96. The van der Waals surface area contributed by atoms with Crippen molar-refractivity contribution in [3.63, 3.8) is 0 Å². The molecular formula is C17H24N8O. The zero-order chi connectivity index (χ0) is 18.5. The van der Waals surface area contributed by atoms with E-state index in [0.717, 1.165) is 30.4 Å². The molecule has 1 saturated heterocycles. The minimum absolute atomic E-state index is 0.106. The number of hydrogen-bond donors (Lipinski definition) is 0. The zero-order valence-electron chi connectivity index (χ0n) is 15.8. The predicted molar refractivity (Wildman–Crippen MR) is 96.0 cm³/mol. The number of aryl methyl sites for hydroxylation is 1. The third kappa shape index (κ3) is 3.03. The number of rotatable bonds is 4. The van der Waals surface area contributed by atoms with Crippen molar-refractivity contribution in [1.29, 1.82) is 0 Å². The smallest absolute Gasteiger partial charge is 0.240 e. The van der Waals surface area contributed by atoms with Crippen molar-refractivity contribution in [3.8, 4) is 0 Å². The van der Waals surface area contributed by atoms with Gasteiger partial charge < -0.3 is 9.42 Å². The van der Waals surface area contributed by atoms with Gasteiger partial charge in [0.05, 0.1) is 6.54 Å². The van der Waals surface area contributed by atoms with E-state index in [1.54, 1.807) is 0 Å². The summed E-state index contributed by atoms with van der Waals surface area (Å²) in [7, 11) is 2.08. The molecule has 0 unspecified atom stereocenters. The van der Waals surface area contributed by atoms with Crippen LogP contribution in [0, 0.1) is 6.92 Å². The Morgan fingerprint density at radius 3 is 2.65 bits per heavy atom. The van der Waals surface area contributed by atoms with Gasteiger partial charge >= 0.3 is 0 Å². The largest absolute Gasteiger partial charge is 0.352 e. The summed E-state index contributed by atoms with van der Waals surface area (Å²) in [6, 6.07) is 4.42. The van der Waals surface area contributed by atoms with Crippen LogP contribution in [0.4, 0.5) is 5.82 Å². The van der Waals surface area contributed by atoms with E-state index >= 15 is 0 Å². The van der Waals surface area contributed by atoms with Crippen molar-refractivity contribution < 1.29 is 4.52 Å². The maximum atomic E-state index is 5.20. The summed E-state index contributed by atoms with van der Waals surface area (Å²) in [4.78, 5) is 8.76. The Balaban J connectivity index is 1.45. The van der Waals surface area contributed by atoms with Crippen LogP contribution in [0.5, 0.6) is 0 Å². The first-order valence-electron chi connectivity index (χ1n) is 8.78. The van der Waals surface area contributed by atoms with E-state index in [2.05, 4.69) is 58.0 Å². The van der Waals surface area contributed by atoms with E-state index in [0.29, 0.717) is 24.3 Å². The van der Waals surface area contributed by atoms with Crippen molar-refractivity contribution in [2.45, 2.75) is 45.7 Å². The van der Waals surface area contributed by atoms with E-state index in [-0.39, 0.29) is 5.41 Å². The van der Waals surface area contributed by atoms with Gasteiger partial charge in [-0.1, -0.05) is 25.9 Å². The highest BCUT2D eigenvalue weighted by atomic mass is 16.5. The molecule has 138 valence electrons. The fourth-order valence-electron chi connectivity index (χ4n) is 3.08. The van der Waals surface area contributed by atoms with E-state index in [1.165, 1.54) is 0 Å². The quantitative estimate of drug-likeness (QED) is 0.694. The molecule has 0 radical (unpaired) electrons. The van der Waals surface area contributed by atoms with Gasteiger partial charge in [0, 0.05) is 24.5 Å². The molecule has 9 heteroatoms. The van der Waals surface area contributed by atoms with Crippen molar-refractivity contribution in [1.82, 2.24) is 34.9 Å². The van der Waals surface area contributed by atoms with Crippen LogP contribution in [0.15, 0.2) is 16.7 Å². The van der Waals surface area contributed by atoms with Gasteiger partial charge in [-0.25, -0.2) is 0 Å². The summed E-state index contributed by atoms with van der Waals surface area (Å²) < 4.78 is 7.06. The van der Waals surface area contributed by atoms with Crippen LogP contribution in [0.3, 0.4) is 0 Å². The maximum Gasteiger partial charge on any atom is 0.240 e. The Kier molecular flexibility index (Phi) is 3.91. The molecule has 0 atom stereocenters.